The van der Waals surface area contributed by atoms with Crippen LogP contribution in [0.15, 0.2) is 42.5 Å². The summed E-state index contributed by atoms with van der Waals surface area (Å²) in [5.41, 5.74) is 1.40. The summed E-state index contributed by atoms with van der Waals surface area (Å²) in [7, 11) is 0. The Bertz CT molecular complexity index is 762. The molecule has 1 amide bonds. The fourth-order valence-electron chi connectivity index (χ4n) is 2.19. The van der Waals surface area contributed by atoms with Gasteiger partial charge in [0.25, 0.3) is 5.91 Å². The van der Waals surface area contributed by atoms with Crippen molar-refractivity contribution in [1.82, 2.24) is 5.32 Å². The minimum absolute atomic E-state index is 0.0200. The summed E-state index contributed by atoms with van der Waals surface area (Å²) >= 11 is 11.9. The average Bonchev–Trinajstić information content (AvgIpc) is 2.55. The van der Waals surface area contributed by atoms with Crippen molar-refractivity contribution in [1.29, 1.82) is 0 Å². The zero-order chi connectivity index (χ0) is 18.4. The number of carbonyl (C=O) groups is 2. The van der Waals surface area contributed by atoms with E-state index in [4.69, 9.17) is 27.9 Å². The number of esters is 1. The van der Waals surface area contributed by atoms with Crippen molar-refractivity contribution in [3.05, 3.63) is 63.6 Å². The van der Waals surface area contributed by atoms with Gasteiger partial charge in [0.2, 0.25) is 0 Å². The zero-order valence-electron chi connectivity index (χ0n) is 13.5. The molecule has 0 bridgehead atoms. The van der Waals surface area contributed by atoms with E-state index in [2.05, 4.69) is 5.32 Å². The van der Waals surface area contributed by atoms with Crippen LogP contribution in [0.4, 0.5) is 0 Å². The number of hydrogen-bond acceptors (Lipinski definition) is 4. The molecule has 0 fully saturated rings. The third kappa shape index (κ3) is 5.96. The first-order valence-electron chi connectivity index (χ1n) is 7.53. The van der Waals surface area contributed by atoms with E-state index in [1.807, 2.05) is 0 Å². The highest BCUT2D eigenvalue weighted by Gasteiger charge is 2.14. The van der Waals surface area contributed by atoms with Gasteiger partial charge in [-0.1, -0.05) is 41.4 Å². The van der Waals surface area contributed by atoms with Crippen LogP contribution in [0.5, 0.6) is 5.75 Å². The Morgan fingerprint density at radius 2 is 1.84 bits per heavy atom. The molecule has 2 aromatic rings. The molecular formula is C18H17Cl2NO4. The lowest BCUT2D eigenvalue weighted by molar-refractivity contribution is -0.148. The number of carbonyl (C=O) groups excluding carboxylic acids is 2. The van der Waals surface area contributed by atoms with Crippen LogP contribution in [-0.2, 0) is 20.7 Å². The molecule has 132 valence electrons. The molecule has 1 atom stereocenters. The summed E-state index contributed by atoms with van der Waals surface area (Å²) < 4.78 is 4.96. The van der Waals surface area contributed by atoms with Gasteiger partial charge in [0.05, 0.1) is 12.5 Å². The Morgan fingerprint density at radius 1 is 1.16 bits per heavy atom. The van der Waals surface area contributed by atoms with Crippen molar-refractivity contribution < 1.29 is 19.4 Å². The topological polar surface area (TPSA) is 75.6 Å². The molecule has 2 aromatic carbocycles. The van der Waals surface area contributed by atoms with Crippen molar-refractivity contribution in [2.75, 3.05) is 6.61 Å². The molecule has 7 heteroatoms. The molecular weight excluding hydrogens is 365 g/mol. The van der Waals surface area contributed by atoms with E-state index in [1.54, 1.807) is 37.3 Å². The van der Waals surface area contributed by atoms with Crippen LogP contribution in [0, 0.1) is 0 Å². The van der Waals surface area contributed by atoms with Gasteiger partial charge in [-0.15, -0.1) is 0 Å². The largest absolute Gasteiger partial charge is 0.508 e. The highest BCUT2D eigenvalue weighted by molar-refractivity contribution is 6.35. The zero-order valence-corrected chi connectivity index (χ0v) is 15.0. The quantitative estimate of drug-likeness (QED) is 0.748. The van der Waals surface area contributed by atoms with Crippen LogP contribution >= 0.6 is 23.2 Å². The molecule has 0 aromatic heterocycles. The van der Waals surface area contributed by atoms with Gasteiger partial charge < -0.3 is 15.2 Å². The molecule has 2 rings (SSSR count). The lowest BCUT2D eigenvalue weighted by Gasteiger charge is -2.16. The molecule has 0 aliphatic carbocycles. The van der Waals surface area contributed by atoms with E-state index >= 15 is 0 Å². The van der Waals surface area contributed by atoms with Gasteiger partial charge in [-0.3, -0.25) is 9.59 Å². The first-order chi connectivity index (χ1) is 11.8. The maximum atomic E-state index is 11.9. The summed E-state index contributed by atoms with van der Waals surface area (Å²) in [6.45, 7) is 1.39. The van der Waals surface area contributed by atoms with Gasteiger partial charge in [-0.25, -0.2) is 0 Å². The van der Waals surface area contributed by atoms with Crippen molar-refractivity contribution in [2.45, 2.75) is 19.4 Å². The second-order valence-corrected chi connectivity index (χ2v) is 6.30. The van der Waals surface area contributed by atoms with Crippen LogP contribution in [0.1, 0.15) is 24.1 Å². The minimum Gasteiger partial charge on any atom is -0.508 e. The van der Waals surface area contributed by atoms with Gasteiger partial charge in [0.1, 0.15) is 5.75 Å². The van der Waals surface area contributed by atoms with E-state index in [0.29, 0.717) is 15.6 Å². The summed E-state index contributed by atoms with van der Waals surface area (Å²) in [4.78, 5) is 23.7. The SMILES string of the molecule is C[C@H](NC(=O)COC(=O)Cc1ccc(O)cc1)c1ccc(Cl)cc1Cl. The number of phenols is 1. The average molecular weight is 382 g/mol. The predicted octanol–water partition coefficient (Wildman–Crippen LogP) is 3.66. The predicted molar refractivity (Wildman–Crippen MR) is 95.8 cm³/mol. The molecule has 0 radical (unpaired) electrons. The number of amides is 1. The van der Waals surface area contributed by atoms with E-state index in [1.165, 1.54) is 12.1 Å². The molecule has 0 heterocycles. The maximum Gasteiger partial charge on any atom is 0.310 e. The lowest BCUT2D eigenvalue weighted by atomic mass is 10.1. The molecule has 0 saturated carbocycles. The Labute approximate surface area is 155 Å². The molecule has 0 unspecified atom stereocenters. The standard InChI is InChI=1S/C18H17Cl2NO4/c1-11(15-7-4-13(19)9-16(15)20)21-17(23)10-25-18(24)8-12-2-5-14(22)6-3-12/h2-7,9,11,22H,8,10H2,1H3,(H,21,23)/t11-/m0/s1. The highest BCUT2D eigenvalue weighted by Crippen LogP contribution is 2.25. The van der Waals surface area contributed by atoms with Crippen LogP contribution < -0.4 is 5.32 Å². The second-order valence-electron chi connectivity index (χ2n) is 5.46. The number of nitrogens with one attached hydrogen (secondary N) is 1. The number of hydrogen-bond donors (Lipinski definition) is 2. The molecule has 5 nitrogen and oxygen atoms in total. The Balaban J connectivity index is 1.81. The van der Waals surface area contributed by atoms with E-state index in [0.717, 1.165) is 5.56 Å². The second kappa shape index (κ2) is 8.74. The smallest absolute Gasteiger partial charge is 0.310 e. The number of rotatable bonds is 6. The first kappa shape index (κ1) is 19.1. The molecule has 0 saturated heterocycles. The van der Waals surface area contributed by atoms with Crippen LogP contribution in [0.3, 0.4) is 0 Å². The number of halogens is 2. The number of phenolic OH excluding ortho intramolecular Hbond substituents is 1. The maximum absolute atomic E-state index is 11.9. The Kier molecular flexibility index (Phi) is 6.67. The third-order valence-corrected chi connectivity index (χ3v) is 4.02. The molecule has 2 N–H and O–H groups in total. The summed E-state index contributed by atoms with van der Waals surface area (Å²) in [5, 5.41) is 12.9. The van der Waals surface area contributed by atoms with Gasteiger partial charge >= 0.3 is 5.97 Å². The van der Waals surface area contributed by atoms with Crippen molar-refractivity contribution in [3.63, 3.8) is 0 Å². The number of aromatic hydroxyl groups is 1. The molecule has 25 heavy (non-hydrogen) atoms. The molecule has 0 aliphatic heterocycles. The van der Waals surface area contributed by atoms with Gasteiger partial charge in [0.15, 0.2) is 6.61 Å². The van der Waals surface area contributed by atoms with E-state index in [9.17, 15) is 14.7 Å². The fraction of sp³-hybridized carbons (Fsp3) is 0.222. The van der Waals surface area contributed by atoms with Crippen LogP contribution in [0.2, 0.25) is 10.0 Å². The van der Waals surface area contributed by atoms with Gasteiger partial charge in [-0.05, 0) is 42.3 Å². The van der Waals surface area contributed by atoms with Gasteiger partial charge in [-0.2, -0.15) is 0 Å². The van der Waals surface area contributed by atoms with Crippen molar-refractivity contribution in [3.8, 4) is 5.75 Å². The van der Waals surface area contributed by atoms with Crippen LogP contribution in [-0.4, -0.2) is 23.6 Å². The first-order valence-corrected chi connectivity index (χ1v) is 8.28. The third-order valence-electron chi connectivity index (χ3n) is 3.46. The molecule has 0 aliphatic rings. The van der Waals surface area contributed by atoms with Crippen molar-refractivity contribution >= 4 is 35.1 Å². The Morgan fingerprint density at radius 3 is 2.48 bits per heavy atom. The van der Waals surface area contributed by atoms with Crippen LogP contribution in [0.25, 0.3) is 0 Å². The monoisotopic (exact) mass is 381 g/mol. The van der Waals surface area contributed by atoms with E-state index < -0.39 is 11.9 Å². The molecule has 0 spiro atoms. The number of benzene rings is 2. The lowest BCUT2D eigenvalue weighted by Crippen LogP contribution is -2.31. The minimum atomic E-state index is -0.530. The summed E-state index contributed by atoms with van der Waals surface area (Å²) in [6, 6.07) is 10.8. The summed E-state index contributed by atoms with van der Waals surface area (Å²) in [5.74, 6) is -0.845. The van der Waals surface area contributed by atoms with Crippen molar-refractivity contribution in [2.24, 2.45) is 0 Å². The number of ether oxygens (including phenoxy) is 1. The summed E-state index contributed by atoms with van der Waals surface area (Å²) in [6.07, 6.45) is 0.0200. The Hall–Kier alpha value is -2.24. The highest BCUT2D eigenvalue weighted by atomic mass is 35.5. The van der Waals surface area contributed by atoms with E-state index in [-0.39, 0.29) is 24.8 Å². The normalized spacial score (nSPS) is 11.6. The van der Waals surface area contributed by atoms with Gasteiger partial charge in [0, 0.05) is 10.0 Å². The fourth-order valence-corrected chi connectivity index (χ4v) is 2.76.